The molecule has 0 N–H and O–H groups in total. The highest BCUT2D eigenvalue weighted by atomic mass is 15.0. The fourth-order valence-electron chi connectivity index (χ4n) is 10.8. The van der Waals surface area contributed by atoms with E-state index >= 15 is 0 Å². The van der Waals surface area contributed by atoms with E-state index in [2.05, 4.69) is 229 Å². The Morgan fingerprint density at radius 3 is 1.64 bits per heavy atom. The molecule has 0 bridgehead atoms. The molecule has 2 unspecified atom stereocenters. The van der Waals surface area contributed by atoms with E-state index in [4.69, 9.17) is 0 Å². The maximum atomic E-state index is 2.49. The summed E-state index contributed by atoms with van der Waals surface area (Å²) in [4.78, 5) is 0. The molecule has 1 nitrogen and oxygen atoms in total. The molecule has 0 spiro atoms. The largest absolute Gasteiger partial charge is 0.309 e. The molecule has 0 radical (unpaired) electrons. The number of hydrogen-bond acceptors (Lipinski definition) is 0. The van der Waals surface area contributed by atoms with Crippen LogP contribution in [0.1, 0.15) is 45.2 Å². The van der Waals surface area contributed by atoms with Crippen molar-refractivity contribution in [3.05, 3.63) is 258 Å². The Hall–Kier alpha value is -7.74. The minimum Gasteiger partial charge on any atom is -0.309 e. The summed E-state index contributed by atoms with van der Waals surface area (Å²) in [7, 11) is 0. The quantitative estimate of drug-likeness (QED) is 0.164. The SMILES string of the molecule is c1ccc(-c2ccc(-n3c4ccc(-c5ccc6c(c5)-c5ccccc5C6c5cccc6ccccc56)cc4c4cc5c(cc43)C(c3ccccc3)c3ccccc3-5)cc2)cc1. The van der Waals surface area contributed by atoms with Crippen LogP contribution in [-0.4, -0.2) is 4.57 Å². The minimum atomic E-state index is 0.172. The van der Waals surface area contributed by atoms with Gasteiger partial charge in [-0.2, -0.15) is 0 Å². The fourth-order valence-corrected chi connectivity index (χ4v) is 10.8. The standard InChI is InChI=1S/C60H39N/c1-3-14-38(15-4-1)39-26-30-44(31-27-39)61-57-33-29-43(35-54(57)55-36-53-46-21-9-11-23-49(46)59(56(53)37-58(55)61)41-17-5-2-6-18-41)42-28-32-51-52(34-42)47-22-10-12-24-50(47)60(51)48-25-13-19-40-16-7-8-20-45(40)48/h1-37,59-60H. The summed E-state index contributed by atoms with van der Waals surface area (Å²) in [5, 5.41) is 5.14. The van der Waals surface area contributed by atoms with Crippen LogP contribution in [0.5, 0.6) is 0 Å². The highest BCUT2D eigenvalue weighted by Crippen LogP contribution is 2.52. The molecule has 1 aromatic heterocycles. The number of rotatable bonds is 5. The van der Waals surface area contributed by atoms with Gasteiger partial charge in [-0.3, -0.25) is 0 Å². The van der Waals surface area contributed by atoms with Crippen LogP contribution in [0, 0.1) is 0 Å². The van der Waals surface area contributed by atoms with Crippen LogP contribution in [0.2, 0.25) is 0 Å². The van der Waals surface area contributed by atoms with E-state index < -0.39 is 0 Å². The van der Waals surface area contributed by atoms with Crippen molar-refractivity contribution in [2.75, 3.05) is 0 Å². The van der Waals surface area contributed by atoms with E-state index in [9.17, 15) is 0 Å². The first-order chi connectivity index (χ1) is 30.3. The second kappa shape index (κ2) is 13.4. The number of benzene rings is 10. The predicted molar refractivity (Wildman–Crippen MR) is 255 cm³/mol. The maximum absolute atomic E-state index is 2.49. The summed E-state index contributed by atoms with van der Waals surface area (Å²) in [5.74, 6) is 0.357. The molecule has 2 aliphatic rings. The van der Waals surface area contributed by atoms with E-state index in [1.54, 1.807) is 0 Å². The Morgan fingerprint density at radius 1 is 0.279 bits per heavy atom. The molecule has 1 heterocycles. The summed E-state index contributed by atoms with van der Waals surface area (Å²) in [6, 6.07) is 83.7. The molecule has 0 amide bonds. The molecule has 0 saturated heterocycles. The van der Waals surface area contributed by atoms with E-state index in [0.29, 0.717) is 0 Å². The highest BCUT2D eigenvalue weighted by Gasteiger charge is 2.33. The Morgan fingerprint density at radius 2 is 0.836 bits per heavy atom. The lowest BCUT2D eigenvalue weighted by Gasteiger charge is -2.17. The monoisotopic (exact) mass is 773 g/mol. The van der Waals surface area contributed by atoms with Crippen molar-refractivity contribution in [2.45, 2.75) is 11.8 Å². The molecule has 11 aromatic rings. The van der Waals surface area contributed by atoms with Gasteiger partial charge in [0.15, 0.2) is 0 Å². The molecule has 13 rings (SSSR count). The summed E-state index contributed by atoms with van der Waals surface area (Å²) in [5.41, 5.74) is 22.0. The van der Waals surface area contributed by atoms with Crippen molar-refractivity contribution in [2.24, 2.45) is 0 Å². The third-order valence-corrected chi connectivity index (χ3v) is 13.6. The van der Waals surface area contributed by atoms with Crippen LogP contribution < -0.4 is 0 Å². The van der Waals surface area contributed by atoms with Crippen LogP contribution in [0.25, 0.3) is 82.8 Å². The van der Waals surface area contributed by atoms with Crippen LogP contribution in [0.3, 0.4) is 0 Å². The number of aromatic nitrogens is 1. The summed E-state index contributed by atoms with van der Waals surface area (Å²) in [6.07, 6.45) is 0. The van der Waals surface area contributed by atoms with E-state index in [1.807, 2.05) is 0 Å². The highest BCUT2D eigenvalue weighted by molar-refractivity contribution is 6.13. The van der Waals surface area contributed by atoms with Crippen molar-refractivity contribution >= 4 is 32.6 Å². The third kappa shape index (κ3) is 5.20. The van der Waals surface area contributed by atoms with Gasteiger partial charge in [0.1, 0.15) is 0 Å². The summed E-state index contributed by atoms with van der Waals surface area (Å²) < 4.78 is 2.49. The predicted octanol–water partition coefficient (Wildman–Crippen LogP) is 15.6. The van der Waals surface area contributed by atoms with Gasteiger partial charge < -0.3 is 4.57 Å². The van der Waals surface area contributed by atoms with Crippen molar-refractivity contribution < 1.29 is 0 Å². The zero-order valence-corrected chi connectivity index (χ0v) is 33.5. The van der Waals surface area contributed by atoms with Crippen molar-refractivity contribution in [1.82, 2.24) is 4.57 Å². The van der Waals surface area contributed by atoms with E-state index in [0.717, 1.165) is 5.69 Å². The average Bonchev–Trinajstić information content (AvgIpc) is 3.96. The maximum Gasteiger partial charge on any atom is 0.0544 e. The molecule has 1 heteroatoms. The third-order valence-electron chi connectivity index (χ3n) is 13.6. The first-order valence-corrected chi connectivity index (χ1v) is 21.4. The second-order valence-corrected chi connectivity index (χ2v) is 16.8. The van der Waals surface area contributed by atoms with Gasteiger partial charge in [-0.05, 0) is 131 Å². The first-order valence-electron chi connectivity index (χ1n) is 21.4. The van der Waals surface area contributed by atoms with E-state index in [1.165, 1.54) is 110 Å². The van der Waals surface area contributed by atoms with Gasteiger partial charge in [0.25, 0.3) is 0 Å². The van der Waals surface area contributed by atoms with Gasteiger partial charge >= 0.3 is 0 Å². The molecular formula is C60H39N. The zero-order chi connectivity index (χ0) is 40.0. The lowest BCUT2D eigenvalue weighted by molar-refractivity contribution is 1.01. The minimum absolute atomic E-state index is 0.172. The van der Waals surface area contributed by atoms with Crippen LogP contribution in [0.15, 0.2) is 224 Å². The van der Waals surface area contributed by atoms with Crippen molar-refractivity contribution in [3.8, 4) is 50.2 Å². The molecule has 0 saturated carbocycles. The van der Waals surface area contributed by atoms with E-state index in [-0.39, 0.29) is 11.8 Å². The van der Waals surface area contributed by atoms with Crippen LogP contribution in [0.4, 0.5) is 0 Å². The number of nitrogens with zero attached hydrogens (tertiary/aromatic N) is 1. The first kappa shape index (κ1) is 34.2. The van der Waals surface area contributed by atoms with Crippen LogP contribution >= 0.6 is 0 Å². The lowest BCUT2D eigenvalue weighted by atomic mass is 9.86. The number of hydrogen-bond donors (Lipinski definition) is 0. The van der Waals surface area contributed by atoms with Crippen molar-refractivity contribution in [1.29, 1.82) is 0 Å². The topological polar surface area (TPSA) is 4.93 Å². The summed E-state index contributed by atoms with van der Waals surface area (Å²) in [6.45, 7) is 0. The molecule has 61 heavy (non-hydrogen) atoms. The smallest absolute Gasteiger partial charge is 0.0544 e. The molecular weight excluding hydrogens is 735 g/mol. The van der Waals surface area contributed by atoms with Gasteiger partial charge in [-0.25, -0.2) is 0 Å². The second-order valence-electron chi connectivity index (χ2n) is 16.8. The fraction of sp³-hybridized carbons (Fsp3) is 0.0333. The average molecular weight is 774 g/mol. The van der Waals surface area contributed by atoms with Crippen LogP contribution in [-0.2, 0) is 0 Å². The molecule has 2 atom stereocenters. The lowest BCUT2D eigenvalue weighted by Crippen LogP contribution is -2.00. The number of fused-ring (bicyclic) bond motifs is 10. The van der Waals surface area contributed by atoms with Gasteiger partial charge in [0.2, 0.25) is 0 Å². The normalized spacial score (nSPS) is 14.9. The van der Waals surface area contributed by atoms with Gasteiger partial charge in [-0.1, -0.05) is 182 Å². The Kier molecular flexibility index (Phi) is 7.50. The molecule has 2 aliphatic carbocycles. The molecule has 284 valence electrons. The molecule has 0 aliphatic heterocycles. The zero-order valence-electron chi connectivity index (χ0n) is 33.5. The van der Waals surface area contributed by atoms with Gasteiger partial charge in [-0.15, -0.1) is 0 Å². The van der Waals surface area contributed by atoms with Gasteiger partial charge in [0, 0.05) is 28.3 Å². The molecule has 0 fully saturated rings. The Labute approximate surface area is 355 Å². The Bertz CT molecular complexity index is 3510. The van der Waals surface area contributed by atoms with Gasteiger partial charge in [0.05, 0.1) is 11.0 Å². The molecule has 10 aromatic carbocycles. The summed E-state index contributed by atoms with van der Waals surface area (Å²) >= 11 is 0. The van der Waals surface area contributed by atoms with Crippen molar-refractivity contribution in [3.63, 3.8) is 0 Å². The Balaban J connectivity index is 1.01.